The van der Waals surface area contributed by atoms with Crippen molar-refractivity contribution in [1.29, 1.82) is 0 Å². The maximum Gasteiger partial charge on any atom is 0.0930 e. The Balaban J connectivity index is 2.59. The first-order valence-corrected chi connectivity index (χ1v) is 4.58. The van der Waals surface area contributed by atoms with Crippen LogP contribution in [0.5, 0.6) is 0 Å². The second kappa shape index (κ2) is 3.44. The molecular weight excluding hydrogens is 176 g/mol. The highest BCUT2D eigenvalue weighted by atomic mass is 16.6. The van der Waals surface area contributed by atoms with E-state index in [-0.39, 0.29) is 0 Å². The minimum Gasteiger partial charge on any atom is -0.350 e. The lowest BCUT2D eigenvalue weighted by molar-refractivity contribution is 0.124. The maximum atomic E-state index is 5.04. The van der Waals surface area contributed by atoms with Gasteiger partial charge in [0.1, 0.15) is 0 Å². The van der Waals surface area contributed by atoms with Gasteiger partial charge in [0.2, 0.25) is 0 Å². The summed E-state index contributed by atoms with van der Waals surface area (Å²) >= 11 is 0. The summed E-state index contributed by atoms with van der Waals surface area (Å²) in [7, 11) is 2.04. The lowest BCUT2D eigenvalue weighted by Gasteiger charge is -2.01. The number of nitrogens with two attached hydrogens (primary N) is 1. The van der Waals surface area contributed by atoms with Gasteiger partial charge in [0.25, 0.3) is 0 Å². The number of aromatic nitrogens is 1. The molecule has 74 valence electrons. The molecule has 3 nitrogen and oxygen atoms in total. The van der Waals surface area contributed by atoms with Crippen LogP contribution in [0.4, 0.5) is 0 Å². The standard InChI is InChI=1S/C11H14N2O/c1-8-6-13(2)11-5-9(7-14-12)3-4-10(8)11/h3-6H,7,12H2,1-2H3. The predicted octanol–water partition coefficient (Wildman–Crippen LogP) is 1.88. The quantitative estimate of drug-likeness (QED) is 0.734. The summed E-state index contributed by atoms with van der Waals surface area (Å²) in [6.07, 6.45) is 2.12. The molecule has 0 aliphatic carbocycles. The monoisotopic (exact) mass is 190 g/mol. The fraction of sp³-hybridized carbons (Fsp3) is 0.273. The molecule has 0 spiro atoms. The third-order valence-electron chi connectivity index (χ3n) is 2.50. The number of hydrogen-bond acceptors (Lipinski definition) is 2. The van der Waals surface area contributed by atoms with Gasteiger partial charge in [0.15, 0.2) is 0 Å². The van der Waals surface area contributed by atoms with E-state index >= 15 is 0 Å². The van der Waals surface area contributed by atoms with Crippen LogP contribution in [0, 0.1) is 6.92 Å². The van der Waals surface area contributed by atoms with Crippen molar-refractivity contribution in [2.45, 2.75) is 13.5 Å². The molecule has 0 saturated heterocycles. The molecule has 3 heteroatoms. The Hall–Kier alpha value is -1.32. The fourth-order valence-corrected chi connectivity index (χ4v) is 1.82. The van der Waals surface area contributed by atoms with Gasteiger partial charge in [0.05, 0.1) is 6.61 Å². The van der Waals surface area contributed by atoms with E-state index in [0.717, 1.165) is 5.56 Å². The van der Waals surface area contributed by atoms with Crippen molar-refractivity contribution in [3.8, 4) is 0 Å². The van der Waals surface area contributed by atoms with Crippen LogP contribution in [0.15, 0.2) is 24.4 Å². The van der Waals surface area contributed by atoms with Crippen molar-refractivity contribution in [2.75, 3.05) is 0 Å². The Labute approximate surface area is 83.0 Å². The van der Waals surface area contributed by atoms with Crippen molar-refractivity contribution in [3.63, 3.8) is 0 Å². The van der Waals surface area contributed by atoms with Crippen molar-refractivity contribution in [1.82, 2.24) is 4.57 Å². The van der Waals surface area contributed by atoms with Crippen LogP contribution in [-0.2, 0) is 18.5 Å². The molecule has 14 heavy (non-hydrogen) atoms. The number of benzene rings is 1. The van der Waals surface area contributed by atoms with Gasteiger partial charge < -0.3 is 4.57 Å². The smallest absolute Gasteiger partial charge is 0.0930 e. The van der Waals surface area contributed by atoms with Crippen molar-refractivity contribution < 1.29 is 4.84 Å². The van der Waals surface area contributed by atoms with Gasteiger partial charge in [-0.2, -0.15) is 0 Å². The summed E-state index contributed by atoms with van der Waals surface area (Å²) in [5, 5.41) is 1.29. The van der Waals surface area contributed by atoms with Gasteiger partial charge in [-0.1, -0.05) is 12.1 Å². The van der Waals surface area contributed by atoms with E-state index in [0.29, 0.717) is 6.61 Å². The molecule has 2 aromatic rings. The van der Waals surface area contributed by atoms with Crippen molar-refractivity contribution in [2.24, 2.45) is 12.9 Å². The van der Waals surface area contributed by atoms with Crippen LogP contribution in [0.1, 0.15) is 11.1 Å². The number of fused-ring (bicyclic) bond motifs is 1. The summed E-state index contributed by atoms with van der Waals surface area (Å²) in [5.41, 5.74) is 3.61. The zero-order valence-electron chi connectivity index (χ0n) is 8.45. The van der Waals surface area contributed by atoms with Crippen LogP contribution in [0.25, 0.3) is 10.9 Å². The highest BCUT2D eigenvalue weighted by molar-refractivity contribution is 5.84. The predicted molar refractivity (Wildman–Crippen MR) is 56.6 cm³/mol. The summed E-state index contributed by atoms with van der Waals surface area (Å²) in [6, 6.07) is 6.26. The maximum absolute atomic E-state index is 5.04. The largest absolute Gasteiger partial charge is 0.350 e. The molecule has 1 aromatic carbocycles. The number of rotatable bonds is 2. The Morgan fingerprint density at radius 1 is 1.43 bits per heavy atom. The molecule has 1 aromatic heterocycles. The average molecular weight is 190 g/mol. The van der Waals surface area contributed by atoms with Gasteiger partial charge >= 0.3 is 0 Å². The van der Waals surface area contributed by atoms with E-state index in [2.05, 4.69) is 34.7 Å². The molecule has 1 heterocycles. The SMILES string of the molecule is Cc1cn(C)c2cc(CON)ccc12. The van der Waals surface area contributed by atoms with E-state index in [1.807, 2.05) is 13.1 Å². The van der Waals surface area contributed by atoms with Gasteiger partial charge in [-0.05, 0) is 24.1 Å². The van der Waals surface area contributed by atoms with E-state index < -0.39 is 0 Å². The molecule has 2 rings (SSSR count). The third kappa shape index (κ3) is 1.41. The zero-order valence-corrected chi connectivity index (χ0v) is 8.45. The van der Waals surface area contributed by atoms with Gasteiger partial charge in [-0.3, -0.25) is 4.84 Å². The van der Waals surface area contributed by atoms with Gasteiger partial charge in [0, 0.05) is 24.1 Å². The number of nitrogens with zero attached hydrogens (tertiary/aromatic N) is 1. The summed E-state index contributed by atoms with van der Waals surface area (Å²) in [6.45, 7) is 2.57. The van der Waals surface area contributed by atoms with Crippen LogP contribution < -0.4 is 5.90 Å². The highest BCUT2D eigenvalue weighted by Gasteiger charge is 2.03. The molecule has 0 radical (unpaired) electrons. The number of hydrogen-bond donors (Lipinski definition) is 1. The Kier molecular flexibility index (Phi) is 2.27. The van der Waals surface area contributed by atoms with Crippen molar-refractivity contribution in [3.05, 3.63) is 35.5 Å². The third-order valence-corrected chi connectivity index (χ3v) is 2.50. The van der Waals surface area contributed by atoms with Gasteiger partial charge in [-0.25, -0.2) is 5.90 Å². The molecule has 0 bridgehead atoms. The molecule has 0 fully saturated rings. The van der Waals surface area contributed by atoms with E-state index in [1.165, 1.54) is 16.5 Å². The lowest BCUT2D eigenvalue weighted by Crippen LogP contribution is -1.98. The van der Waals surface area contributed by atoms with Crippen molar-refractivity contribution >= 4 is 10.9 Å². The Bertz CT molecular complexity index is 460. The molecular formula is C11H14N2O. The second-order valence-electron chi connectivity index (χ2n) is 3.59. The first-order valence-electron chi connectivity index (χ1n) is 4.58. The van der Waals surface area contributed by atoms with Crippen LogP contribution in [0.3, 0.4) is 0 Å². The Morgan fingerprint density at radius 3 is 2.93 bits per heavy atom. The molecule has 0 aliphatic rings. The van der Waals surface area contributed by atoms with Crippen LogP contribution >= 0.6 is 0 Å². The molecule has 0 atom stereocenters. The highest BCUT2D eigenvalue weighted by Crippen LogP contribution is 2.21. The molecule has 2 N–H and O–H groups in total. The Morgan fingerprint density at radius 2 is 2.21 bits per heavy atom. The van der Waals surface area contributed by atoms with Gasteiger partial charge in [-0.15, -0.1) is 0 Å². The average Bonchev–Trinajstić information content (AvgIpc) is 2.43. The lowest BCUT2D eigenvalue weighted by atomic mass is 10.1. The number of aryl methyl sites for hydroxylation is 2. The summed E-state index contributed by atoms with van der Waals surface area (Å²) in [4.78, 5) is 4.61. The van der Waals surface area contributed by atoms with E-state index in [1.54, 1.807) is 0 Å². The van der Waals surface area contributed by atoms with Crippen LogP contribution in [-0.4, -0.2) is 4.57 Å². The second-order valence-corrected chi connectivity index (χ2v) is 3.59. The summed E-state index contributed by atoms with van der Waals surface area (Å²) < 4.78 is 2.12. The fourth-order valence-electron chi connectivity index (χ4n) is 1.82. The minimum absolute atomic E-state index is 0.458. The van der Waals surface area contributed by atoms with E-state index in [4.69, 9.17) is 5.90 Å². The first-order chi connectivity index (χ1) is 6.72. The molecule has 0 amide bonds. The minimum atomic E-state index is 0.458. The van der Waals surface area contributed by atoms with Crippen LogP contribution in [0.2, 0.25) is 0 Å². The summed E-state index contributed by atoms with van der Waals surface area (Å²) in [5.74, 6) is 5.04. The van der Waals surface area contributed by atoms with E-state index in [9.17, 15) is 0 Å². The molecule has 0 saturated carbocycles. The zero-order chi connectivity index (χ0) is 10.1. The first kappa shape index (κ1) is 9.24. The molecule has 0 aliphatic heterocycles. The normalized spacial score (nSPS) is 11.1. The topological polar surface area (TPSA) is 40.2 Å². The molecule has 0 unspecified atom stereocenters.